The number of halogens is 4. The van der Waals surface area contributed by atoms with E-state index in [-0.39, 0.29) is 40.9 Å². The molecule has 0 aromatic carbocycles. The van der Waals surface area contributed by atoms with Crippen molar-refractivity contribution >= 4 is 7.25 Å². The number of hydrogen-bond donors (Lipinski definition) is 0. The van der Waals surface area contributed by atoms with Gasteiger partial charge in [-0.1, -0.05) is 43.3 Å². The van der Waals surface area contributed by atoms with Crippen molar-refractivity contribution in [2.24, 2.45) is 0 Å². The van der Waals surface area contributed by atoms with Crippen LogP contribution in [0.2, 0.25) is 0 Å². The van der Waals surface area contributed by atoms with Gasteiger partial charge < -0.3 is 22.0 Å². The Morgan fingerprint density at radius 3 is 0.857 bits per heavy atom. The molecule has 0 aliphatic carbocycles. The maximum atomic E-state index is 9.75. The summed E-state index contributed by atoms with van der Waals surface area (Å²) in [5, 5.41) is 34.4. The first-order valence-corrected chi connectivity index (χ1v) is 18.8. The average Bonchev–Trinajstić information content (AvgIpc) is 3.25. The number of ether oxygens (including phenoxy) is 1. The van der Waals surface area contributed by atoms with Crippen LogP contribution in [0.3, 0.4) is 0 Å². The summed E-state index contributed by atoms with van der Waals surface area (Å²) in [6, 6.07) is 30.6. The molecular weight excluding hydrogens is 851 g/mol. The zero-order valence-corrected chi connectivity index (χ0v) is 36.7. The minimum absolute atomic E-state index is 0. The number of aryl methyl sites for hydroxylation is 6. The standard InChI is InChI=1S/3C12H12N2.C10H7N4O.BF4.Fe/c3*1-9-3-5-11(13-7-9)12-6-4-10(2)8-14-12;1-2-3-15-10(8(4-11)5-12)9(6-13)7-14;2-1(3,4)5;/h3*3-8H,1-2H3;2-3H2,1H3;;/q;;;+1;-1;. The molecule has 0 aliphatic heterocycles. The van der Waals surface area contributed by atoms with Crippen molar-refractivity contribution in [1.82, 2.24) is 29.9 Å². The van der Waals surface area contributed by atoms with Gasteiger partial charge in [0.1, 0.15) is 0 Å². The zero-order valence-electron chi connectivity index (χ0n) is 35.6. The first-order chi connectivity index (χ1) is 29.5. The quantitative estimate of drug-likeness (QED) is 0.0489. The fraction of sp³-hybridized carbons (Fsp3) is 0.196. The van der Waals surface area contributed by atoms with Gasteiger partial charge in [0.2, 0.25) is 24.3 Å². The molecule has 0 radical (unpaired) electrons. The van der Waals surface area contributed by atoms with E-state index in [2.05, 4.69) is 29.9 Å². The molecule has 0 aliphatic rings. The Labute approximate surface area is 376 Å². The summed E-state index contributed by atoms with van der Waals surface area (Å²) in [5.74, 6) is -0.589. The van der Waals surface area contributed by atoms with Crippen LogP contribution < -0.4 is 0 Å². The SMILES string of the molecule is CCCOC(=C(C#N)C#N)[C+](C#N)C#N.Cc1ccc(-c2ccc(C)cn2)nc1.Cc1ccc(-c2ccc(C)cn2)nc1.Cc1ccc(-c2ccc(C)cn2)nc1.F[B-](F)(F)F.[Fe]. The zero-order chi connectivity index (χ0) is 46.1. The van der Waals surface area contributed by atoms with Crippen LogP contribution in [-0.4, -0.2) is 43.8 Å². The van der Waals surface area contributed by atoms with E-state index in [0.717, 1.165) is 34.2 Å². The van der Waals surface area contributed by atoms with Gasteiger partial charge in [0.25, 0.3) is 0 Å². The average molecular weight is 895 g/mol. The predicted molar refractivity (Wildman–Crippen MR) is 230 cm³/mol. The number of aromatic nitrogens is 6. The third-order valence-corrected chi connectivity index (χ3v) is 7.61. The Hall–Kier alpha value is -7.43. The van der Waals surface area contributed by atoms with Crippen molar-refractivity contribution in [1.29, 1.82) is 21.0 Å². The topological polar surface area (TPSA) is 182 Å². The van der Waals surface area contributed by atoms with Crippen LogP contribution in [0.25, 0.3) is 34.2 Å². The molecule has 11 nitrogen and oxygen atoms in total. The largest absolute Gasteiger partial charge is 0.673 e. The maximum absolute atomic E-state index is 9.75. The van der Waals surface area contributed by atoms with Crippen molar-refractivity contribution < 1.29 is 39.1 Å². The second kappa shape index (κ2) is 28.2. The van der Waals surface area contributed by atoms with Crippen molar-refractivity contribution in [3.05, 3.63) is 161 Å². The van der Waals surface area contributed by atoms with Gasteiger partial charge in [0.05, 0.1) is 40.8 Å². The van der Waals surface area contributed by atoms with Crippen molar-refractivity contribution in [2.45, 2.75) is 54.9 Å². The van der Waals surface area contributed by atoms with Gasteiger partial charge in [-0.3, -0.25) is 29.9 Å². The first kappa shape index (κ1) is 53.6. The molecule has 0 N–H and O–H groups in total. The number of nitrogens with zero attached hydrogens (tertiary/aromatic N) is 10. The molecule has 0 atom stereocenters. The first-order valence-electron chi connectivity index (χ1n) is 18.8. The Morgan fingerprint density at radius 1 is 0.492 bits per heavy atom. The van der Waals surface area contributed by atoms with E-state index >= 15 is 0 Å². The Kier molecular flexibility index (Phi) is 24.0. The fourth-order valence-electron chi connectivity index (χ4n) is 4.44. The van der Waals surface area contributed by atoms with Gasteiger partial charge in [0, 0.05) is 54.2 Å². The van der Waals surface area contributed by atoms with E-state index in [4.69, 9.17) is 25.8 Å². The third kappa shape index (κ3) is 21.1. The van der Waals surface area contributed by atoms with Crippen LogP contribution in [0.1, 0.15) is 46.7 Å². The molecule has 0 saturated carbocycles. The molecule has 0 unspecified atom stereocenters. The predicted octanol–water partition coefficient (Wildman–Crippen LogP) is 10.9. The van der Waals surface area contributed by atoms with Crippen LogP contribution in [0.5, 0.6) is 0 Å². The molecule has 0 spiro atoms. The van der Waals surface area contributed by atoms with Gasteiger partial charge in [-0.25, -0.2) is 0 Å². The summed E-state index contributed by atoms with van der Waals surface area (Å²) in [7, 11) is -6.00. The number of pyridine rings is 6. The summed E-state index contributed by atoms with van der Waals surface area (Å²) in [4.78, 5) is 25.9. The number of hydrogen-bond acceptors (Lipinski definition) is 11. The molecule has 0 bridgehead atoms. The summed E-state index contributed by atoms with van der Waals surface area (Å²) in [5.41, 5.74) is 12.2. The minimum Gasteiger partial charge on any atom is -0.458 e. The number of rotatable bonds is 7. The van der Waals surface area contributed by atoms with E-state index in [1.165, 1.54) is 33.4 Å². The van der Waals surface area contributed by atoms with Gasteiger partial charge in [-0.05, 0) is 118 Å². The molecule has 0 fully saturated rings. The molecule has 0 amide bonds. The Balaban J connectivity index is 0.000000403. The molecule has 6 aromatic rings. The summed E-state index contributed by atoms with van der Waals surface area (Å²) >= 11 is 0. The molecule has 6 aromatic heterocycles. The van der Waals surface area contributed by atoms with Crippen LogP contribution in [0, 0.1) is 92.8 Å². The van der Waals surface area contributed by atoms with Gasteiger partial charge in [-0.2, -0.15) is 21.0 Å². The molecule has 6 heterocycles. The van der Waals surface area contributed by atoms with E-state index in [1.807, 2.05) is 158 Å². The summed E-state index contributed by atoms with van der Waals surface area (Å²) < 4.78 is 44.0. The van der Waals surface area contributed by atoms with Crippen molar-refractivity contribution in [3.8, 4) is 58.4 Å². The summed E-state index contributed by atoms with van der Waals surface area (Å²) in [6.07, 6.45) is 11.8. The molecule has 63 heavy (non-hydrogen) atoms. The van der Waals surface area contributed by atoms with Crippen molar-refractivity contribution in [2.75, 3.05) is 6.61 Å². The van der Waals surface area contributed by atoms with Crippen molar-refractivity contribution in [3.63, 3.8) is 0 Å². The normalized spacial score (nSPS) is 9.44. The van der Waals surface area contributed by atoms with Crippen LogP contribution in [0.4, 0.5) is 17.3 Å². The molecule has 17 heteroatoms. The fourth-order valence-corrected chi connectivity index (χ4v) is 4.44. The monoisotopic (exact) mass is 894 g/mol. The molecular formula is C46H43BF4FeN10O. The van der Waals surface area contributed by atoms with Crippen LogP contribution in [0.15, 0.2) is 121 Å². The summed E-state index contributed by atoms with van der Waals surface area (Å²) in [6.45, 7) is 14.2. The molecule has 322 valence electrons. The van der Waals surface area contributed by atoms with Gasteiger partial charge in [-0.15, -0.1) is 0 Å². The second-order valence-electron chi connectivity index (χ2n) is 13.2. The van der Waals surface area contributed by atoms with Gasteiger partial charge in [0.15, 0.2) is 0 Å². The number of nitriles is 4. The van der Waals surface area contributed by atoms with E-state index in [1.54, 1.807) is 24.3 Å². The van der Waals surface area contributed by atoms with E-state index in [0.29, 0.717) is 6.42 Å². The maximum Gasteiger partial charge on any atom is 0.673 e. The van der Waals surface area contributed by atoms with Crippen LogP contribution >= 0.6 is 0 Å². The third-order valence-electron chi connectivity index (χ3n) is 7.61. The smallest absolute Gasteiger partial charge is 0.458 e. The second-order valence-corrected chi connectivity index (χ2v) is 13.2. The van der Waals surface area contributed by atoms with E-state index < -0.39 is 7.25 Å². The van der Waals surface area contributed by atoms with Crippen LogP contribution in [-0.2, 0) is 21.8 Å². The molecule has 6 rings (SSSR count). The van der Waals surface area contributed by atoms with E-state index in [9.17, 15) is 17.3 Å². The minimum atomic E-state index is -6.00. The van der Waals surface area contributed by atoms with Gasteiger partial charge >= 0.3 is 24.5 Å². The number of allylic oxidation sites excluding steroid dienone is 2. The Bertz CT molecular complexity index is 2100. The molecule has 0 saturated heterocycles. The Morgan fingerprint density at radius 2 is 0.714 bits per heavy atom.